The van der Waals surface area contributed by atoms with Gasteiger partial charge in [0.1, 0.15) is 5.82 Å². The van der Waals surface area contributed by atoms with E-state index in [0.29, 0.717) is 11.1 Å². The van der Waals surface area contributed by atoms with Crippen LogP contribution in [0.2, 0.25) is 0 Å². The van der Waals surface area contributed by atoms with E-state index in [0.717, 1.165) is 22.6 Å². The Morgan fingerprint density at radius 3 is 2.36 bits per heavy atom. The van der Waals surface area contributed by atoms with Crippen LogP contribution >= 0.6 is 0 Å². The minimum Gasteiger partial charge on any atom is -0.318 e. The molecular formula is C22H19FN2. The first-order valence-corrected chi connectivity index (χ1v) is 8.14. The molecule has 0 spiro atoms. The molecule has 3 heteroatoms. The van der Waals surface area contributed by atoms with Gasteiger partial charge in [0.25, 0.3) is 0 Å². The Morgan fingerprint density at radius 1 is 1.04 bits per heavy atom. The lowest BCUT2D eigenvalue weighted by atomic mass is 10.0. The van der Waals surface area contributed by atoms with Crippen molar-refractivity contribution in [1.82, 2.24) is 4.57 Å². The van der Waals surface area contributed by atoms with Crippen LogP contribution < -0.4 is 0 Å². The summed E-state index contributed by atoms with van der Waals surface area (Å²) < 4.78 is 16.2. The van der Waals surface area contributed by atoms with Gasteiger partial charge in [-0.25, -0.2) is 4.39 Å². The first kappa shape index (κ1) is 16.7. The first-order chi connectivity index (χ1) is 12.0. The summed E-state index contributed by atoms with van der Waals surface area (Å²) in [7, 11) is 0. The molecule has 2 aromatic carbocycles. The summed E-state index contributed by atoms with van der Waals surface area (Å²) in [4.78, 5) is 0. The van der Waals surface area contributed by atoms with Crippen LogP contribution in [0.15, 0.2) is 54.6 Å². The highest BCUT2D eigenvalue weighted by molar-refractivity contribution is 5.90. The Morgan fingerprint density at radius 2 is 1.72 bits per heavy atom. The fourth-order valence-electron chi connectivity index (χ4n) is 3.03. The number of nitrogens with zero attached hydrogens (tertiary/aromatic N) is 2. The zero-order chi connectivity index (χ0) is 18.0. The van der Waals surface area contributed by atoms with Gasteiger partial charge in [-0.05, 0) is 56.7 Å². The predicted octanol–water partition coefficient (Wildman–Crippen LogP) is 5.61. The fourth-order valence-corrected chi connectivity index (χ4v) is 3.03. The van der Waals surface area contributed by atoms with Crippen molar-refractivity contribution < 1.29 is 4.39 Å². The van der Waals surface area contributed by atoms with Gasteiger partial charge < -0.3 is 4.57 Å². The van der Waals surface area contributed by atoms with E-state index in [1.165, 1.54) is 11.6 Å². The molecule has 0 saturated carbocycles. The Kier molecular flexibility index (Phi) is 4.54. The van der Waals surface area contributed by atoms with Crippen LogP contribution in [-0.2, 0) is 0 Å². The molecule has 124 valence electrons. The van der Waals surface area contributed by atoms with Crippen LogP contribution in [0.3, 0.4) is 0 Å². The van der Waals surface area contributed by atoms with Gasteiger partial charge in [0.2, 0.25) is 0 Å². The van der Waals surface area contributed by atoms with Crippen LogP contribution in [0.1, 0.15) is 28.1 Å². The van der Waals surface area contributed by atoms with E-state index >= 15 is 0 Å². The maximum absolute atomic E-state index is 14.0. The summed E-state index contributed by atoms with van der Waals surface area (Å²) in [6, 6.07) is 18.8. The van der Waals surface area contributed by atoms with Gasteiger partial charge in [-0.2, -0.15) is 5.26 Å². The van der Waals surface area contributed by atoms with E-state index in [1.54, 1.807) is 24.3 Å². The molecule has 25 heavy (non-hydrogen) atoms. The molecule has 0 saturated heterocycles. The van der Waals surface area contributed by atoms with Crippen LogP contribution in [-0.4, -0.2) is 4.57 Å². The summed E-state index contributed by atoms with van der Waals surface area (Å²) in [5, 5.41) is 9.49. The van der Waals surface area contributed by atoms with Crippen molar-refractivity contribution in [3.63, 3.8) is 0 Å². The number of allylic oxidation sites excluding steroid dienone is 1. The molecule has 0 N–H and O–H groups in total. The molecule has 0 radical (unpaired) electrons. The Bertz CT molecular complexity index is 986. The van der Waals surface area contributed by atoms with Gasteiger partial charge in [0, 0.05) is 22.6 Å². The molecule has 1 heterocycles. The molecule has 0 bridgehead atoms. The van der Waals surface area contributed by atoms with Crippen LogP contribution in [0.4, 0.5) is 4.39 Å². The third-order valence-corrected chi connectivity index (χ3v) is 4.35. The summed E-state index contributed by atoms with van der Waals surface area (Å²) in [6.45, 7) is 6.09. The smallest absolute Gasteiger partial charge is 0.131 e. The Labute approximate surface area is 147 Å². The number of aromatic nitrogens is 1. The number of hydrogen-bond acceptors (Lipinski definition) is 1. The van der Waals surface area contributed by atoms with Gasteiger partial charge in [0.05, 0.1) is 11.6 Å². The minimum atomic E-state index is -0.386. The zero-order valence-corrected chi connectivity index (χ0v) is 14.5. The second-order valence-corrected chi connectivity index (χ2v) is 6.15. The van der Waals surface area contributed by atoms with E-state index in [2.05, 4.69) is 41.8 Å². The minimum absolute atomic E-state index is 0.322. The zero-order valence-electron chi connectivity index (χ0n) is 14.5. The summed E-state index contributed by atoms with van der Waals surface area (Å²) in [5.74, 6) is -0.386. The number of halogens is 1. The van der Waals surface area contributed by atoms with Crippen molar-refractivity contribution in [3.05, 3.63) is 88.5 Å². The van der Waals surface area contributed by atoms with Crippen molar-refractivity contribution in [2.24, 2.45) is 0 Å². The van der Waals surface area contributed by atoms with Crippen molar-refractivity contribution in [1.29, 1.82) is 5.26 Å². The third-order valence-electron chi connectivity index (χ3n) is 4.35. The monoisotopic (exact) mass is 330 g/mol. The lowest BCUT2D eigenvalue weighted by Crippen LogP contribution is -1.99. The maximum Gasteiger partial charge on any atom is 0.131 e. The third kappa shape index (κ3) is 3.25. The van der Waals surface area contributed by atoms with Crippen molar-refractivity contribution in [3.8, 4) is 11.8 Å². The highest BCUT2D eigenvalue weighted by Gasteiger charge is 2.12. The summed E-state index contributed by atoms with van der Waals surface area (Å²) >= 11 is 0. The number of aryl methyl sites for hydroxylation is 2. The topological polar surface area (TPSA) is 28.7 Å². The molecule has 0 atom stereocenters. The largest absolute Gasteiger partial charge is 0.318 e. The summed E-state index contributed by atoms with van der Waals surface area (Å²) in [6.07, 6.45) is 1.76. The standard InChI is InChI=1S/C22H19FN2/c1-15-8-10-20(11-9-15)25-16(2)12-18(17(25)3)13-19(14-24)21-6-4-5-7-22(21)23/h4-13H,1-3H3/b19-13+. The van der Waals surface area contributed by atoms with E-state index in [9.17, 15) is 9.65 Å². The average Bonchev–Trinajstić information content (AvgIpc) is 2.88. The number of hydrogen-bond donors (Lipinski definition) is 0. The number of rotatable bonds is 3. The molecule has 0 aliphatic carbocycles. The molecule has 0 unspecified atom stereocenters. The second-order valence-electron chi connectivity index (χ2n) is 6.15. The molecule has 1 aromatic heterocycles. The van der Waals surface area contributed by atoms with E-state index in [1.807, 2.05) is 19.9 Å². The van der Waals surface area contributed by atoms with Crippen molar-refractivity contribution >= 4 is 11.6 Å². The molecule has 0 fully saturated rings. The van der Waals surface area contributed by atoms with Crippen molar-refractivity contribution in [2.75, 3.05) is 0 Å². The predicted molar refractivity (Wildman–Crippen MR) is 99.9 cm³/mol. The van der Waals surface area contributed by atoms with Gasteiger partial charge in [-0.1, -0.05) is 35.9 Å². The molecule has 0 amide bonds. The van der Waals surface area contributed by atoms with Crippen LogP contribution in [0.25, 0.3) is 17.3 Å². The Hall–Kier alpha value is -3.12. The highest BCUT2D eigenvalue weighted by Crippen LogP contribution is 2.26. The van der Waals surface area contributed by atoms with Gasteiger partial charge in [-0.3, -0.25) is 0 Å². The highest BCUT2D eigenvalue weighted by atomic mass is 19.1. The first-order valence-electron chi connectivity index (χ1n) is 8.14. The quantitative estimate of drug-likeness (QED) is 0.574. The van der Waals surface area contributed by atoms with Gasteiger partial charge >= 0.3 is 0 Å². The molecular weight excluding hydrogens is 311 g/mol. The second kappa shape index (κ2) is 6.78. The number of nitriles is 1. The molecule has 0 aliphatic heterocycles. The Balaban J connectivity index is 2.10. The fraction of sp³-hybridized carbons (Fsp3) is 0.136. The van der Waals surface area contributed by atoms with Crippen LogP contribution in [0.5, 0.6) is 0 Å². The van der Waals surface area contributed by atoms with E-state index in [-0.39, 0.29) is 5.82 Å². The molecule has 3 aromatic rings. The van der Waals surface area contributed by atoms with E-state index < -0.39 is 0 Å². The molecule has 2 nitrogen and oxygen atoms in total. The van der Waals surface area contributed by atoms with Crippen LogP contribution in [0, 0.1) is 37.9 Å². The van der Waals surface area contributed by atoms with Gasteiger partial charge in [-0.15, -0.1) is 0 Å². The van der Waals surface area contributed by atoms with Crippen molar-refractivity contribution in [2.45, 2.75) is 20.8 Å². The van der Waals surface area contributed by atoms with E-state index in [4.69, 9.17) is 0 Å². The lowest BCUT2D eigenvalue weighted by Gasteiger charge is -2.10. The normalized spacial score (nSPS) is 11.4. The summed E-state index contributed by atoms with van der Waals surface area (Å²) in [5.41, 5.74) is 5.93. The molecule has 3 rings (SSSR count). The molecule has 0 aliphatic rings. The van der Waals surface area contributed by atoms with Gasteiger partial charge in [0.15, 0.2) is 0 Å². The SMILES string of the molecule is Cc1ccc(-n2c(C)cc(/C=C(\C#N)c3ccccc3F)c2C)cc1. The number of benzene rings is 2. The lowest BCUT2D eigenvalue weighted by molar-refractivity contribution is 0.624. The average molecular weight is 330 g/mol. The maximum atomic E-state index is 14.0.